The summed E-state index contributed by atoms with van der Waals surface area (Å²) in [6.45, 7) is 7.28. The molecule has 1 aliphatic rings. The van der Waals surface area contributed by atoms with Gasteiger partial charge in [-0.1, -0.05) is 0 Å². The minimum absolute atomic E-state index is 0.342. The Bertz CT molecular complexity index is 556. The van der Waals surface area contributed by atoms with Gasteiger partial charge in [0.1, 0.15) is 10.6 Å². The van der Waals surface area contributed by atoms with Crippen LogP contribution in [0.15, 0.2) is 6.20 Å². The molecule has 2 rings (SSSR count). The molecule has 6 nitrogen and oxygen atoms in total. The van der Waals surface area contributed by atoms with Crippen LogP contribution in [0.2, 0.25) is 0 Å². The summed E-state index contributed by atoms with van der Waals surface area (Å²) in [6.07, 6.45) is 1.87. The van der Waals surface area contributed by atoms with Crippen molar-refractivity contribution in [1.82, 2.24) is 10.3 Å². The molecule has 1 aromatic heterocycles. The largest absolute Gasteiger partial charge is 0.481 e. The van der Waals surface area contributed by atoms with Gasteiger partial charge < -0.3 is 15.2 Å². The van der Waals surface area contributed by atoms with E-state index in [1.54, 1.807) is 27.0 Å². The van der Waals surface area contributed by atoms with E-state index in [1.807, 2.05) is 6.92 Å². The number of carbonyl (C=O) groups excluding carboxylic acids is 1. The molecule has 0 aromatic carbocycles. The molecule has 0 saturated heterocycles. The quantitative estimate of drug-likeness (QED) is 0.895. The summed E-state index contributed by atoms with van der Waals surface area (Å²) < 4.78 is 5.27. The SMILES string of the molecule is Cc1cnc(C2(NC(=O)OC(C)(C)C)CC(C(=O)O)C2)s1. The lowest BCUT2D eigenvalue weighted by molar-refractivity contribution is -0.148. The lowest BCUT2D eigenvalue weighted by Gasteiger charge is -2.44. The van der Waals surface area contributed by atoms with Crippen LogP contribution < -0.4 is 5.32 Å². The van der Waals surface area contributed by atoms with Crippen LogP contribution >= 0.6 is 11.3 Å². The summed E-state index contributed by atoms with van der Waals surface area (Å²) in [4.78, 5) is 28.4. The summed E-state index contributed by atoms with van der Waals surface area (Å²) in [5, 5.41) is 12.6. The average molecular weight is 312 g/mol. The smallest absolute Gasteiger partial charge is 0.408 e. The van der Waals surface area contributed by atoms with Crippen molar-refractivity contribution in [2.24, 2.45) is 5.92 Å². The summed E-state index contributed by atoms with van der Waals surface area (Å²) in [5.41, 5.74) is -1.32. The molecule has 21 heavy (non-hydrogen) atoms. The first-order chi connectivity index (χ1) is 9.61. The van der Waals surface area contributed by atoms with Crippen LogP contribution in [-0.2, 0) is 15.1 Å². The lowest BCUT2D eigenvalue weighted by Crippen LogP contribution is -2.57. The predicted octanol–water partition coefficient (Wildman–Crippen LogP) is 2.67. The molecule has 0 bridgehead atoms. The molecule has 1 saturated carbocycles. The Balaban J connectivity index is 2.15. The van der Waals surface area contributed by atoms with Crippen molar-refractivity contribution in [1.29, 1.82) is 0 Å². The number of carboxylic acid groups (broad SMARTS) is 1. The Hall–Kier alpha value is -1.63. The maximum atomic E-state index is 12.0. The second-order valence-corrected chi connectivity index (χ2v) is 7.66. The fraction of sp³-hybridized carbons (Fsp3) is 0.643. The van der Waals surface area contributed by atoms with Gasteiger partial charge in [-0.05, 0) is 40.5 Å². The number of thiazole rings is 1. The van der Waals surface area contributed by atoms with Gasteiger partial charge in [0, 0.05) is 11.1 Å². The van der Waals surface area contributed by atoms with Gasteiger partial charge in [-0.3, -0.25) is 4.79 Å². The van der Waals surface area contributed by atoms with Gasteiger partial charge in [-0.15, -0.1) is 11.3 Å². The van der Waals surface area contributed by atoms with E-state index in [0.717, 1.165) is 9.88 Å². The zero-order valence-electron chi connectivity index (χ0n) is 12.6. The van der Waals surface area contributed by atoms with Crippen molar-refractivity contribution < 1.29 is 19.4 Å². The highest BCUT2D eigenvalue weighted by molar-refractivity contribution is 7.11. The molecule has 1 aromatic rings. The minimum Gasteiger partial charge on any atom is -0.481 e. The monoisotopic (exact) mass is 312 g/mol. The number of aryl methyl sites for hydroxylation is 1. The van der Waals surface area contributed by atoms with Crippen molar-refractivity contribution in [3.8, 4) is 0 Å². The first-order valence-electron chi connectivity index (χ1n) is 6.78. The third-order valence-corrected chi connectivity index (χ3v) is 4.43. The number of nitrogens with zero attached hydrogens (tertiary/aromatic N) is 1. The molecule has 1 aliphatic carbocycles. The van der Waals surface area contributed by atoms with Crippen molar-refractivity contribution in [3.63, 3.8) is 0 Å². The van der Waals surface area contributed by atoms with Gasteiger partial charge in [0.25, 0.3) is 0 Å². The standard InChI is InChI=1S/C14H20N2O4S/c1-8-7-15-11(21-8)14(5-9(6-14)10(17)18)16-12(19)20-13(2,3)4/h7,9H,5-6H2,1-4H3,(H,16,19)(H,17,18). The van der Waals surface area contributed by atoms with Crippen LogP contribution in [0.25, 0.3) is 0 Å². The zero-order valence-corrected chi connectivity index (χ0v) is 13.4. The van der Waals surface area contributed by atoms with E-state index in [-0.39, 0.29) is 0 Å². The molecular weight excluding hydrogens is 292 g/mol. The third kappa shape index (κ3) is 3.53. The van der Waals surface area contributed by atoms with Gasteiger partial charge in [-0.25, -0.2) is 9.78 Å². The molecule has 1 fully saturated rings. The molecule has 0 unspecified atom stereocenters. The van der Waals surface area contributed by atoms with Gasteiger partial charge >= 0.3 is 12.1 Å². The van der Waals surface area contributed by atoms with Gasteiger partial charge in [0.15, 0.2) is 0 Å². The zero-order chi connectivity index (χ0) is 15.8. The highest BCUT2D eigenvalue weighted by Gasteiger charge is 2.52. The molecule has 1 amide bonds. The number of hydrogen-bond donors (Lipinski definition) is 2. The first kappa shape index (κ1) is 15.8. The molecule has 1 heterocycles. The maximum Gasteiger partial charge on any atom is 0.408 e. The summed E-state index contributed by atoms with van der Waals surface area (Å²) in [5.74, 6) is -1.30. The van der Waals surface area contributed by atoms with Crippen LogP contribution in [0.5, 0.6) is 0 Å². The lowest BCUT2D eigenvalue weighted by atomic mass is 9.68. The number of carbonyl (C=O) groups is 2. The minimum atomic E-state index is -0.843. The second kappa shape index (κ2) is 5.29. The van der Waals surface area contributed by atoms with Crippen LogP contribution in [-0.4, -0.2) is 27.8 Å². The fourth-order valence-electron chi connectivity index (χ4n) is 2.36. The third-order valence-electron chi connectivity index (χ3n) is 3.31. The molecule has 0 radical (unpaired) electrons. The van der Waals surface area contributed by atoms with Gasteiger partial charge in [-0.2, -0.15) is 0 Å². The summed E-state index contributed by atoms with van der Waals surface area (Å²) in [7, 11) is 0. The van der Waals surface area contributed by atoms with Crippen molar-refractivity contribution >= 4 is 23.4 Å². The van der Waals surface area contributed by atoms with E-state index >= 15 is 0 Å². The number of alkyl carbamates (subject to hydrolysis) is 1. The maximum absolute atomic E-state index is 12.0. The normalized spacial score (nSPS) is 25.0. The van der Waals surface area contributed by atoms with Crippen LogP contribution in [0.4, 0.5) is 4.79 Å². The molecule has 0 atom stereocenters. The number of carboxylic acids is 1. The number of nitrogens with one attached hydrogen (secondary N) is 1. The van der Waals surface area contributed by atoms with Crippen LogP contribution in [0.1, 0.15) is 43.5 Å². The van der Waals surface area contributed by atoms with E-state index in [4.69, 9.17) is 9.84 Å². The molecule has 2 N–H and O–H groups in total. The number of ether oxygens (including phenoxy) is 1. The highest BCUT2D eigenvalue weighted by atomic mass is 32.1. The second-order valence-electron chi connectivity index (χ2n) is 6.43. The van der Waals surface area contributed by atoms with E-state index in [0.29, 0.717) is 12.8 Å². The Morgan fingerprint density at radius 3 is 2.52 bits per heavy atom. The highest BCUT2D eigenvalue weighted by Crippen LogP contribution is 2.47. The number of aromatic nitrogens is 1. The Morgan fingerprint density at radius 1 is 1.48 bits per heavy atom. The van der Waals surface area contributed by atoms with E-state index < -0.39 is 29.1 Å². The first-order valence-corrected chi connectivity index (χ1v) is 7.60. The Labute approximate surface area is 127 Å². The Kier molecular flexibility index (Phi) is 3.97. The predicted molar refractivity (Wildman–Crippen MR) is 78.3 cm³/mol. The number of hydrogen-bond acceptors (Lipinski definition) is 5. The Morgan fingerprint density at radius 2 is 2.10 bits per heavy atom. The van der Waals surface area contributed by atoms with E-state index in [1.165, 1.54) is 11.3 Å². The summed E-state index contributed by atoms with van der Waals surface area (Å²) in [6, 6.07) is 0. The molecular formula is C14H20N2O4S. The van der Waals surface area contributed by atoms with E-state index in [2.05, 4.69) is 10.3 Å². The number of amides is 1. The van der Waals surface area contributed by atoms with Crippen LogP contribution in [0, 0.1) is 12.8 Å². The average Bonchev–Trinajstić information content (AvgIpc) is 2.66. The summed E-state index contributed by atoms with van der Waals surface area (Å²) >= 11 is 1.47. The topological polar surface area (TPSA) is 88.5 Å². The van der Waals surface area contributed by atoms with Crippen LogP contribution in [0.3, 0.4) is 0 Å². The fourth-order valence-corrected chi connectivity index (χ4v) is 3.29. The molecule has 7 heteroatoms. The number of aliphatic carboxylic acids is 1. The van der Waals surface area contributed by atoms with Gasteiger partial charge in [0.2, 0.25) is 0 Å². The molecule has 0 aliphatic heterocycles. The molecule has 0 spiro atoms. The van der Waals surface area contributed by atoms with Crippen molar-refractivity contribution in [2.45, 2.75) is 51.7 Å². The molecule has 116 valence electrons. The van der Waals surface area contributed by atoms with Crippen molar-refractivity contribution in [2.75, 3.05) is 0 Å². The van der Waals surface area contributed by atoms with E-state index in [9.17, 15) is 9.59 Å². The van der Waals surface area contributed by atoms with Gasteiger partial charge in [0.05, 0.1) is 11.5 Å². The number of rotatable bonds is 3. The van der Waals surface area contributed by atoms with Crippen molar-refractivity contribution in [3.05, 3.63) is 16.1 Å².